The Morgan fingerprint density at radius 3 is 2.81 bits per heavy atom. The van der Waals surface area contributed by atoms with Gasteiger partial charge in [-0.3, -0.25) is 9.59 Å². The zero-order valence-electron chi connectivity index (χ0n) is 15.4. The number of thioether (sulfide) groups is 1. The lowest BCUT2D eigenvalue weighted by molar-refractivity contribution is -0.125. The molecule has 2 aliphatic rings. The van der Waals surface area contributed by atoms with E-state index >= 15 is 0 Å². The summed E-state index contributed by atoms with van der Waals surface area (Å²) in [4.78, 5) is 27.8. The van der Waals surface area contributed by atoms with E-state index in [-0.39, 0.29) is 24.7 Å². The molecule has 4 nitrogen and oxygen atoms in total. The van der Waals surface area contributed by atoms with Gasteiger partial charge in [-0.15, -0.1) is 11.8 Å². The number of aryl methyl sites for hydroxylation is 2. The van der Waals surface area contributed by atoms with Crippen molar-refractivity contribution in [3.63, 3.8) is 0 Å². The highest BCUT2D eigenvalue weighted by atomic mass is 32.2. The van der Waals surface area contributed by atoms with Crippen molar-refractivity contribution in [1.82, 2.24) is 5.32 Å². The van der Waals surface area contributed by atoms with Crippen LogP contribution in [0, 0.1) is 0 Å². The smallest absolute Gasteiger partial charge is 0.227 e. The zero-order chi connectivity index (χ0) is 18.6. The summed E-state index contributed by atoms with van der Waals surface area (Å²) in [5.74, 6) is 0.853. The highest BCUT2D eigenvalue weighted by Gasteiger charge is 2.22. The van der Waals surface area contributed by atoms with Gasteiger partial charge in [0.1, 0.15) is 0 Å². The van der Waals surface area contributed by atoms with Gasteiger partial charge < -0.3 is 10.2 Å². The van der Waals surface area contributed by atoms with Crippen LogP contribution in [0.4, 0.5) is 5.69 Å². The number of hydrogen-bond donors (Lipinski definition) is 1. The van der Waals surface area contributed by atoms with E-state index in [4.69, 9.17) is 0 Å². The minimum absolute atomic E-state index is 0.0235. The molecule has 1 N–H and O–H groups in total. The van der Waals surface area contributed by atoms with Crippen molar-refractivity contribution in [2.24, 2.45) is 0 Å². The second-order valence-corrected chi connectivity index (χ2v) is 8.23. The number of hydrogen-bond acceptors (Lipinski definition) is 3. The molecule has 140 valence electrons. The molecule has 0 fully saturated rings. The largest absolute Gasteiger partial charge is 0.352 e. The molecule has 1 heterocycles. The molecule has 2 aromatic rings. The molecular weight excluding hydrogens is 356 g/mol. The van der Waals surface area contributed by atoms with Crippen LogP contribution in [-0.2, 0) is 29.0 Å². The van der Waals surface area contributed by atoms with Gasteiger partial charge in [-0.05, 0) is 48.1 Å². The maximum absolute atomic E-state index is 12.6. The average Bonchev–Trinajstić information content (AvgIpc) is 3.18. The van der Waals surface area contributed by atoms with Crippen LogP contribution in [0.1, 0.15) is 36.0 Å². The van der Waals surface area contributed by atoms with Crippen LogP contribution < -0.4 is 10.2 Å². The first-order chi connectivity index (χ1) is 13.2. The van der Waals surface area contributed by atoms with E-state index in [0.29, 0.717) is 13.1 Å². The van der Waals surface area contributed by atoms with Crippen molar-refractivity contribution in [2.45, 2.75) is 43.5 Å². The first kappa shape index (κ1) is 18.1. The lowest BCUT2D eigenvalue weighted by Crippen LogP contribution is -2.36. The Morgan fingerprint density at radius 2 is 1.89 bits per heavy atom. The van der Waals surface area contributed by atoms with Gasteiger partial charge in [-0.1, -0.05) is 30.3 Å². The third-order valence-electron chi connectivity index (χ3n) is 5.25. The average molecular weight is 381 g/mol. The van der Waals surface area contributed by atoms with Crippen LogP contribution in [-0.4, -0.2) is 24.1 Å². The Kier molecular flexibility index (Phi) is 5.48. The first-order valence-corrected chi connectivity index (χ1v) is 10.6. The number of carbonyl (C=O) groups excluding carboxylic acids is 2. The molecule has 2 aromatic carbocycles. The molecule has 1 aliphatic carbocycles. The van der Waals surface area contributed by atoms with Crippen LogP contribution in [0.3, 0.4) is 0 Å². The van der Waals surface area contributed by atoms with E-state index in [1.807, 2.05) is 29.2 Å². The summed E-state index contributed by atoms with van der Waals surface area (Å²) >= 11 is 1.78. The Hall–Kier alpha value is -2.27. The standard InChI is InChI=1S/C22H24N2O2S/c25-21(23-15-16-8-9-17-4-3-5-18(17)14-16)10-11-22(26)24-12-13-27-20-7-2-1-6-19(20)24/h1-2,6-9,14H,3-5,10-13,15H2,(H,23,25). The van der Waals surface area contributed by atoms with Gasteiger partial charge in [0.25, 0.3) is 0 Å². The van der Waals surface area contributed by atoms with Gasteiger partial charge >= 0.3 is 0 Å². The minimum Gasteiger partial charge on any atom is -0.352 e. The Morgan fingerprint density at radius 1 is 1.04 bits per heavy atom. The van der Waals surface area contributed by atoms with Crippen LogP contribution in [0.2, 0.25) is 0 Å². The van der Waals surface area contributed by atoms with Crippen molar-refractivity contribution < 1.29 is 9.59 Å². The van der Waals surface area contributed by atoms with Crippen LogP contribution >= 0.6 is 11.8 Å². The number of carbonyl (C=O) groups is 2. The molecule has 0 spiro atoms. The van der Waals surface area contributed by atoms with Crippen molar-refractivity contribution >= 4 is 29.3 Å². The van der Waals surface area contributed by atoms with E-state index < -0.39 is 0 Å². The summed E-state index contributed by atoms with van der Waals surface area (Å²) in [6.07, 6.45) is 4.01. The summed E-state index contributed by atoms with van der Waals surface area (Å²) in [5.41, 5.74) is 4.96. The molecule has 0 saturated heterocycles. The molecule has 2 amide bonds. The predicted molar refractivity (Wildman–Crippen MR) is 109 cm³/mol. The van der Waals surface area contributed by atoms with Gasteiger partial charge in [0.05, 0.1) is 5.69 Å². The summed E-state index contributed by atoms with van der Waals surface area (Å²) in [7, 11) is 0. The second-order valence-electron chi connectivity index (χ2n) is 7.09. The monoisotopic (exact) mass is 380 g/mol. The van der Waals surface area contributed by atoms with Crippen LogP contribution in [0.25, 0.3) is 0 Å². The summed E-state index contributed by atoms with van der Waals surface area (Å²) in [5, 5.41) is 2.95. The molecule has 0 bridgehead atoms. The van der Waals surface area contributed by atoms with E-state index in [1.165, 1.54) is 24.0 Å². The lowest BCUT2D eigenvalue weighted by atomic mass is 10.1. The lowest BCUT2D eigenvalue weighted by Gasteiger charge is -2.29. The van der Waals surface area contributed by atoms with Crippen LogP contribution in [0.5, 0.6) is 0 Å². The Bertz CT molecular complexity index is 865. The molecule has 1 aliphatic heterocycles. The molecule has 0 unspecified atom stereocenters. The van der Waals surface area contributed by atoms with Crippen molar-refractivity contribution in [1.29, 1.82) is 0 Å². The molecule has 0 atom stereocenters. The number of anilines is 1. The third-order valence-corrected chi connectivity index (χ3v) is 6.29. The topological polar surface area (TPSA) is 49.4 Å². The van der Waals surface area contributed by atoms with Gasteiger partial charge in [0.2, 0.25) is 11.8 Å². The number of fused-ring (bicyclic) bond motifs is 2. The molecular formula is C22H24N2O2S. The molecule has 27 heavy (non-hydrogen) atoms. The fourth-order valence-corrected chi connectivity index (χ4v) is 4.80. The zero-order valence-corrected chi connectivity index (χ0v) is 16.2. The van der Waals surface area contributed by atoms with E-state index in [1.54, 1.807) is 11.8 Å². The normalized spacial score (nSPS) is 15.2. The maximum atomic E-state index is 12.6. The molecule has 0 saturated carbocycles. The Balaban J connectivity index is 1.28. The van der Waals surface area contributed by atoms with Gasteiger partial charge in [-0.25, -0.2) is 0 Å². The van der Waals surface area contributed by atoms with Gasteiger partial charge in [-0.2, -0.15) is 0 Å². The minimum atomic E-state index is -0.0662. The molecule has 4 rings (SSSR count). The summed E-state index contributed by atoms with van der Waals surface area (Å²) in [6.45, 7) is 1.24. The van der Waals surface area contributed by atoms with Crippen molar-refractivity contribution in [3.05, 3.63) is 59.2 Å². The Labute approximate surface area is 164 Å². The molecule has 0 radical (unpaired) electrons. The van der Waals surface area contributed by atoms with Crippen molar-refractivity contribution in [3.8, 4) is 0 Å². The number of nitrogens with zero attached hydrogens (tertiary/aromatic N) is 1. The number of nitrogens with one attached hydrogen (secondary N) is 1. The number of para-hydroxylation sites is 1. The fourth-order valence-electron chi connectivity index (χ4n) is 3.81. The fraction of sp³-hybridized carbons (Fsp3) is 0.364. The van der Waals surface area contributed by atoms with Crippen molar-refractivity contribution in [2.75, 3.05) is 17.2 Å². The number of amides is 2. The number of rotatable bonds is 5. The summed E-state index contributed by atoms with van der Waals surface area (Å²) in [6, 6.07) is 14.4. The molecule has 0 aromatic heterocycles. The van der Waals surface area contributed by atoms with Gasteiger partial charge in [0.15, 0.2) is 0 Å². The predicted octanol–water partition coefficient (Wildman–Crippen LogP) is 3.71. The highest BCUT2D eigenvalue weighted by Crippen LogP contribution is 2.34. The van der Waals surface area contributed by atoms with E-state index in [2.05, 4.69) is 23.5 Å². The summed E-state index contributed by atoms with van der Waals surface area (Å²) < 4.78 is 0. The first-order valence-electron chi connectivity index (χ1n) is 9.60. The maximum Gasteiger partial charge on any atom is 0.227 e. The number of benzene rings is 2. The second kappa shape index (κ2) is 8.17. The third kappa shape index (κ3) is 4.19. The van der Waals surface area contributed by atoms with E-state index in [9.17, 15) is 9.59 Å². The van der Waals surface area contributed by atoms with Gasteiger partial charge in [0, 0.05) is 36.6 Å². The van der Waals surface area contributed by atoms with E-state index in [0.717, 1.165) is 28.3 Å². The SMILES string of the molecule is O=C(CCC(=O)N1CCSc2ccccc21)NCc1ccc2c(c1)CCC2. The van der Waals surface area contributed by atoms with Crippen LogP contribution in [0.15, 0.2) is 47.4 Å². The highest BCUT2D eigenvalue weighted by molar-refractivity contribution is 7.99. The quantitative estimate of drug-likeness (QED) is 0.860. The molecule has 5 heteroatoms.